The van der Waals surface area contributed by atoms with Gasteiger partial charge in [0.1, 0.15) is 34.6 Å². The molecule has 0 saturated heterocycles. The zero-order valence-electron chi connectivity index (χ0n) is 17.3. The summed E-state index contributed by atoms with van der Waals surface area (Å²) in [4.78, 5) is 29.9. The molecule has 33 heavy (non-hydrogen) atoms. The first-order valence-corrected chi connectivity index (χ1v) is 10.1. The van der Waals surface area contributed by atoms with Crippen molar-refractivity contribution in [1.82, 2.24) is 24.5 Å². The quantitative estimate of drug-likeness (QED) is 0.402. The zero-order chi connectivity index (χ0) is 23.7. The van der Waals surface area contributed by atoms with Gasteiger partial charge in [-0.25, -0.2) is 9.37 Å². The Bertz CT molecular complexity index is 1470. The molecular weight excluding hydrogens is 449 g/mol. The van der Waals surface area contributed by atoms with Crippen LogP contribution in [-0.4, -0.2) is 24.5 Å². The van der Waals surface area contributed by atoms with Gasteiger partial charge >= 0.3 is 0 Å². The first kappa shape index (κ1) is 21.9. The molecule has 0 unspecified atom stereocenters. The number of aromatic nitrogens is 5. The molecule has 10 nitrogen and oxygen atoms in total. The largest absolute Gasteiger partial charge is 0.382 e. The topological polar surface area (TPSA) is 161 Å². The summed E-state index contributed by atoms with van der Waals surface area (Å²) in [7, 11) is 0. The van der Waals surface area contributed by atoms with E-state index >= 15 is 0 Å². The average molecular weight is 466 g/mol. The maximum atomic E-state index is 14.7. The van der Waals surface area contributed by atoms with Gasteiger partial charge in [0.2, 0.25) is 5.95 Å². The maximum absolute atomic E-state index is 14.7. The monoisotopic (exact) mass is 465 g/mol. The van der Waals surface area contributed by atoms with Gasteiger partial charge in [-0.2, -0.15) is 15.2 Å². The predicted octanol–water partition coefficient (Wildman–Crippen LogP) is 2.96. The van der Waals surface area contributed by atoms with Crippen LogP contribution in [0, 0.1) is 17.1 Å². The van der Waals surface area contributed by atoms with Crippen molar-refractivity contribution in [1.29, 1.82) is 5.26 Å². The van der Waals surface area contributed by atoms with Crippen molar-refractivity contribution in [3.05, 3.63) is 69.2 Å². The number of nitrogen functional groups attached to an aromatic ring is 2. The summed E-state index contributed by atoms with van der Waals surface area (Å²) in [6.07, 6.45) is 3.39. The highest BCUT2D eigenvalue weighted by Crippen LogP contribution is 2.29. The van der Waals surface area contributed by atoms with Gasteiger partial charge in [0.25, 0.3) is 5.56 Å². The minimum absolute atomic E-state index is 0.0204. The van der Waals surface area contributed by atoms with Crippen molar-refractivity contribution in [2.45, 2.75) is 19.4 Å². The molecule has 1 aromatic carbocycles. The highest BCUT2D eigenvalue weighted by atomic mass is 35.5. The van der Waals surface area contributed by atoms with Crippen molar-refractivity contribution < 1.29 is 4.39 Å². The summed E-state index contributed by atoms with van der Waals surface area (Å²) in [5.74, 6) is -0.722. The number of hydrogen-bond acceptors (Lipinski definition) is 9. The molecular formula is C21H17ClFN9O. The van der Waals surface area contributed by atoms with Crippen LogP contribution in [0.3, 0.4) is 0 Å². The van der Waals surface area contributed by atoms with E-state index < -0.39 is 17.4 Å². The highest BCUT2D eigenvalue weighted by Gasteiger charge is 2.24. The number of nitriles is 1. The molecule has 0 fully saturated rings. The van der Waals surface area contributed by atoms with Crippen LogP contribution in [0.25, 0.3) is 16.6 Å². The summed E-state index contributed by atoms with van der Waals surface area (Å²) in [6, 6.07) is 6.98. The lowest BCUT2D eigenvalue weighted by Gasteiger charge is -2.23. The molecule has 1 atom stereocenters. The first-order valence-electron chi connectivity index (χ1n) is 9.76. The van der Waals surface area contributed by atoms with Crippen LogP contribution in [0.2, 0.25) is 5.02 Å². The lowest BCUT2D eigenvalue weighted by Crippen LogP contribution is -2.29. The molecule has 0 spiro atoms. The standard InChI is InChI=1S/C21H17ClFN9O/c1-2-14(28-18-11(8-24)17(25)30-21(26)31-18)19-29-16-13(23)6-5-12(22)15(16)20(33)32(19)10-4-3-7-27-9-10/h3-7,9,14H,2H2,1H3,(H5,25,26,28,30,31)/t14-/m0/s1. The van der Waals surface area contributed by atoms with E-state index in [9.17, 15) is 14.4 Å². The molecule has 0 saturated carbocycles. The molecule has 3 heterocycles. The number of nitrogens with zero attached hydrogens (tertiary/aromatic N) is 6. The Hall–Kier alpha value is -4.30. The van der Waals surface area contributed by atoms with E-state index in [1.807, 2.05) is 13.0 Å². The second-order valence-electron chi connectivity index (χ2n) is 6.98. The number of benzene rings is 1. The van der Waals surface area contributed by atoms with E-state index in [0.717, 1.165) is 6.07 Å². The first-order chi connectivity index (χ1) is 15.8. The van der Waals surface area contributed by atoms with Gasteiger partial charge in [0, 0.05) is 6.20 Å². The summed E-state index contributed by atoms with van der Waals surface area (Å²) < 4.78 is 16.0. The van der Waals surface area contributed by atoms with Gasteiger partial charge in [-0.3, -0.25) is 14.3 Å². The summed E-state index contributed by atoms with van der Waals surface area (Å²) >= 11 is 6.23. The van der Waals surface area contributed by atoms with Crippen LogP contribution in [-0.2, 0) is 0 Å². The van der Waals surface area contributed by atoms with Crippen molar-refractivity contribution in [3.63, 3.8) is 0 Å². The Balaban J connectivity index is 2.01. The van der Waals surface area contributed by atoms with E-state index in [2.05, 4.69) is 25.3 Å². The van der Waals surface area contributed by atoms with Crippen LogP contribution in [0.1, 0.15) is 30.8 Å². The van der Waals surface area contributed by atoms with Crippen LogP contribution in [0.5, 0.6) is 0 Å². The summed E-state index contributed by atoms with van der Waals surface area (Å²) in [5.41, 5.74) is 11.1. The van der Waals surface area contributed by atoms with E-state index in [0.29, 0.717) is 12.1 Å². The van der Waals surface area contributed by atoms with E-state index in [1.165, 1.54) is 16.8 Å². The van der Waals surface area contributed by atoms with E-state index in [4.69, 9.17) is 23.1 Å². The Morgan fingerprint density at radius 2 is 2.06 bits per heavy atom. The van der Waals surface area contributed by atoms with Crippen LogP contribution in [0.15, 0.2) is 41.5 Å². The average Bonchev–Trinajstić information content (AvgIpc) is 2.80. The molecule has 5 N–H and O–H groups in total. The van der Waals surface area contributed by atoms with Gasteiger partial charge in [-0.1, -0.05) is 18.5 Å². The Labute approximate surface area is 191 Å². The lowest BCUT2D eigenvalue weighted by atomic mass is 10.1. The number of hydrogen-bond donors (Lipinski definition) is 3. The molecule has 166 valence electrons. The van der Waals surface area contributed by atoms with Crippen molar-refractivity contribution in [2.24, 2.45) is 0 Å². The predicted molar refractivity (Wildman–Crippen MR) is 122 cm³/mol. The SMILES string of the molecule is CC[C@H](Nc1nc(N)nc(N)c1C#N)c1nc2c(F)ccc(Cl)c2c(=O)n1-c1cccnc1. The third kappa shape index (κ3) is 3.88. The maximum Gasteiger partial charge on any atom is 0.267 e. The minimum atomic E-state index is -0.707. The third-order valence-electron chi connectivity index (χ3n) is 4.95. The van der Waals surface area contributed by atoms with Crippen molar-refractivity contribution >= 4 is 40.1 Å². The van der Waals surface area contributed by atoms with Crippen molar-refractivity contribution in [2.75, 3.05) is 16.8 Å². The van der Waals surface area contributed by atoms with Crippen LogP contribution < -0.4 is 22.3 Å². The number of pyridine rings is 1. The van der Waals surface area contributed by atoms with E-state index in [1.54, 1.807) is 18.3 Å². The fourth-order valence-corrected chi connectivity index (χ4v) is 3.66. The Kier molecular flexibility index (Phi) is 5.76. The molecule has 0 aliphatic heterocycles. The molecule has 4 rings (SSSR count). The molecule has 4 aromatic rings. The number of nitrogens with one attached hydrogen (secondary N) is 1. The van der Waals surface area contributed by atoms with Gasteiger partial charge in [-0.05, 0) is 30.7 Å². The van der Waals surface area contributed by atoms with Crippen LogP contribution >= 0.6 is 11.6 Å². The molecule has 0 radical (unpaired) electrons. The van der Waals surface area contributed by atoms with Gasteiger partial charge in [0.15, 0.2) is 5.82 Å². The zero-order valence-corrected chi connectivity index (χ0v) is 18.0. The second kappa shape index (κ2) is 8.68. The summed E-state index contributed by atoms with van der Waals surface area (Å²) in [6.45, 7) is 1.82. The lowest BCUT2D eigenvalue weighted by molar-refractivity contribution is 0.625. The minimum Gasteiger partial charge on any atom is -0.382 e. The molecule has 0 aliphatic rings. The number of rotatable bonds is 5. The molecule has 0 bridgehead atoms. The fraction of sp³-hybridized carbons (Fsp3) is 0.143. The number of anilines is 3. The van der Waals surface area contributed by atoms with Crippen LogP contribution in [0.4, 0.5) is 22.0 Å². The molecule has 3 aromatic heterocycles. The number of fused-ring (bicyclic) bond motifs is 1. The Morgan fingerprint density at radius 1 is 1.27 bits per heavy atom. The second-order valence-corrected chi connectivity index (χ2v) is 7.39. The summed E-state index contributed by atoms with van der Waals surface area (Å²) in [5, 5.41) is 12.6. The number of halogens is 2. The molecule has 0 amide bonds. The highest BCUT2D eigenvalue weighted by molar-refractivity contribution is 6.35. The van der Waals surface area contributed by atoms with Crippen molar-refractivity contribution in [3.8, 4) is 11.8 Å². The smallest absolute Gasteiger partial charge is 0.267 e. The fourth-order valence-electron chi connectivity index (χ4n) is 3.43. The normalized spacial score (nSPS) is 11.8. The van der Waals surface area contributed by atoms with Gasteiger partial charge < -0.3 is 16.8 Å². The number of nitrogens with two attached hydrogens (primary N) is 2. The molecule has 12 heteroatoms. The van der Waals surface area contributed by atoms with E-state index in [-0.39, 0.29) is 44.9 Å². The van der Waals surface area contributed by atoms with Gasteiger partial charge in [-0.15, -0.1) is 0 Å². The van der Waals surface area contributed by atoms with Gasteiger partial charge in [0.05, 0.1) is 28.3 Å². The third-order valence-corrected chi connectivity index (χ3v) is 5.27. The Morgan fingerprint density at radius 3 is 2.73 bits per heavy atom. The molecule has 0 aliphatic carbocycles.